The molecule has 0 spiro atoms. The van der Waals surface area contributed by atoms with Gasteiger partial charge in [0.05, 0.1) is 15.2 Å². The molecule has 1 atom stereocenters. The third-order valence-corrected chi connectivity index (χ3v) is 3.25. The van der Waals surface area contributed by atoms with E-state index in [1.165, 1.54) is 9.71 Å². The van der Waals surface area contributed by atoms with E-state index in [2.05, 4.69) is 23.2 Å². The molecule has 2 aromatic rings. The maximum atomic E-state index is 5.71. The lowest BCUT2D eigenvalue weighted by molar-refractivity contribution is 0.665. The highest BCUT2D eigenvalue weighted by molar-refractivity contribution is 7.18. The van der Waals surface area contributed by atoms with E-state index >= 15 is 0 Å². The standard InChI is InChI=1S/C11H14N2S/c1-8(12)6-7-11-13-9-4-2-3-5-10(9)14-11/h2-5,8H,6-7,12H2,1H3/t8-/m0/s1. The van der Waals surface area contributed by atoms with Gasteiger partial charge in [0, 0.05) is 12.5 Å². The highest BCUT2D eigenvalue weighted by atomic mass is 32.1. The van der Waals surface area contributed by atoms with Gasteiger partial charge in [0.2, 0.25) is 0 Å². The van der Waals surface area contributed by atoms with Gasteiger partial charge in [-0.3, -0.25) is 0 Å². The van der Waals surface area contributed by atoms with Gasteiger partial charge in [-0.25, -0.2) is 4.98 Å². The Balaban J connectivity index is 2.19. The summed E-state index contributed by atoms with van der Waals surface area (Å²) >= 11 is 1.77. The summed E-state index contributed by atoms with van der Waals surface area (Å²) in [6.45, 7) is 2.04. The Morgan fingerprint density at radius 3 is 2.93 bits per heavy atom. The Morgan fingerprint density at radius 2 is 2.21 bits per heavy atom. The molecule has 0 fully saturated rings. The molecule has 0 aliphatic carbocycles. The van der Waals surface area contributed by atoms with Crippen molar-refractivity contribution in [2.24, 2.45) is 5.73 Å². The molecular formula is C11H14N2S. The minimum absolute atomic E-state index is 0.266. The molecule has 2 nitrogen and oxygen atoms in total. The molecule has 74 valence electrons. The number of thiazole rings is 1. The first-order valence-corrected chi connectivity index (χ1v) is 5.67. The summed E-state index contributed by atoms with van der Waals surface area (Å²) in [5.74, 6) is 0. The van der Waals surface area contributed by atoms with Crippen molar-refractivity contribution >= 4 is 21.6 Å². The van der Waals surface area contributed by atoms with Crippen LogP contribution in [0, 0.1) is 0 Å². The molecule has 0 saturated heterocycles. The van der Waals surface area contributed by atoms with Gasteiger partial charge in [-0.2, -0.15) is 0 Å². The molecule has 0 aliphatic rings. The van der Waals surface area contributed by atoms with Gasteiger partial charge >= 0.3 is 0 Å². The second-order valence-corrected chi connectivity index (χ2v) is 4.71. The second kappa shape index (κ2) is 4.07. The number of fused-ring (bicyclic) bond motifs is 1. The molecular weight excluding hydrogens is 192 g/mol. The van der Waals surface area contributed by atoms with Crippen LogP contribution < -0.4 is 5.73 Å². The van der Waals surface area contributed by atoms with Gasteiger partial charge in [0.15, 0.2) is 0 Å². The van der Waals surface area contributed by atoms with Gasteiger partial charge in [-0.15, -0.1) is 11.3 Å². The van der Waals surface area contributed by atoms with Crippen LogP contribution in [0.3, 0.4) is 0 Å². The summed E-state index contributed by atoms with van der Waals surface area (Å²) in [5.41, 5.74) is 6.82. The van der Waals surface area contributed by atoms with Crippen molar-refractivity contribution in [3.63, 3.8) is 0 Å². The molecule has 0 aliphatic heterocycles. The molecule has 1 aromatic carbocycles. The van der Waals surface area contributed by atoms with Gasteiger partial charge in [0.25, 0.3) is 0 Å². The van der Waals surface area contributed by atoms with Crippen molar-refractivity contribution in [3.8, 4) is 0 Å². The lowest BCUT2D eigenvalue weighted by Crippen LogP contribution is -2.15. The molecule has 0 unspecified atom stereocenters. The molecule has 0 radical (unpaired) electrons. The molecule has 14 heavy (non-hydrogen) atoms. The summed E-state index contributed by atoms with van der Waals surface area (Å²) in [6, 6.07) is 8.51. The van der Waals surface area contributed by atoms with E-state index in [0.717, 1.165) is 18.4 Å². The summed E-state index contributed by atoms with van der Waals surface area (Å²) < 4.78 is 1.27. The number of hydrogen-bond acceptors (Lipinski definition) is 3. The zero-order chi connectivity index (χ0) is 9.97. The maximum Gasteiger partial charge on any atom is 0.0939 e. The number of nitrogens with zero attached hydrogens (tertiary/aromatic N) is 1. The average molecular weight is 206 g/mol. The fourth-order valence-electron chi connectivity index (χ4n) is 1.38. The molecule has 0 amide bonds. The monoisotopic (exact) mass is 206 g/mol. The van der Waals surface area contributed by atoms with E-state index in [1.54, 1.807) is 11.3 Å². The van der Waals surface area contributed by atoms with E-state index < -0.39 is 0 Å². The third kappa shape index (κ3) is 2.11. The molecule has 2 rings (SSSR count). The van der Waals surface area contributed by atoms with E-state index in [4.69, 9.17) is 5.73 Å². The summed E-state index contributed by atoms with van der Waals surface area (Å²) in [5, 5.41) is 1.20. The van der Waals surface area contributed by atoms with Crippen LogP contribution in [0.1, 0.15) is 18.4 Å². The average Bonchev–Trinajstić information content (AvgIpc) is 2.57. The Hall–Kier alpha value is -0.930. The molecule has 0 saturated carbocycles. The lowest BCUT2D eigenvalue weighted by atomic mass is 10.2. The lowest BCUT2D eigenvalue weighted by Gasteiger charge is -2.00. The van der Waals surface area contributed by atoms with Crippen LogP contribution in [0.4, 0.5) is 0 Å². The van der Waals surface area contributed by atoms with Crippen molar-refractivity contribution in [2.45, 2.75) is 25.8 Å². The minimum atomic E-state index is 0.266. The van der Waals surface area contributed by atoms with Crippen LogP contribution in [-0.2, 0) is 6.42 Å². The fraction of sp³-hybridized carbons (Fsp3) is 0.364. The first-order chi connectivity index (χ1) is 6.75. The maximum absolute atomic E-state index is 5.71. The predicted molar refractivity (Wildman–Crippen MR) is 61.6 cm³/mol. The second-order valence-electron chi connectivity index (χ2n) is 3.59. The van der Waals surface area contributed by atoms with Gasteiger partial charge in [0.1, 0.15) is 0 Å². The van der Waals surface area contributed by atoms with E-state index in [9.17, 15) is 0 Å². The highest BCUT2D eigenvalue weighted by Crippen LogP contribution is 2.22. The molecule has 1 heterocycles. The van der Waals surface area contributed by atoms with Crippen molar-refractivity contribution in [1.82, 2.24) is 4.98 Å². The van der Waals surface area contributed by atoms with E-state index in [1.807, 2.05) is 13.0 Å². The summed E-state index contributed by atoms with van der Waals surface area (Å²) in [4.78, 5) is 4.55. The number of para-hydroxylation sites is 1. The summed E-state index contributed by atoms with van der Waals surface area (Å²) in [6.07, 6.45) is 2.01. The van der Waals surface area contributed by atoms with Crippen LogP contribution >= 0.6 is 11.3 Å². The van der Waals surface area contributed by atoms with Crippen molar-refractivity contribution in [3.05, 3.63) is 29.3 Å². The number of rotatable bonds is 3. The fourth-order valence-corrected chi connectivity index (χ4v) is 2.36. The topological polar surface area (TPSA) is 38.9 Å². The molecule has 2 N–H and O–H groups in total. The molecule has 1 aromatic heterocycles. The number of aromatic nitrogens is 1. The Bertz CT molecular complexity index is 387. The van der Waals surface area contributed by atoms with E-state index in [0.29, 0.717) is 0 Å². The zero-order valence-electron chi connectivity index (χ0n) is 8.23. The largest absolute Gasteiger partial charge is 0.328 e. The van der Waals surface area contributed by atoms with Gasteiger partial charge < -0.3 is 5.73 Å². The van der Waals surface area contributed by atoms with Crippen LogP contribution in [0.2, 0.25) is 0 Å². The van der Waals surface area contributed by atoms with Crippen LogP contribution in [0.15, 0.2) is 24.3 Å². The number of nitrogens with two attached hydrogens (primary N) is 1. The Morgan fingerprint density at radius 1 is 1.43 bits per heavy atom. The van der Waals surface area contributed by atoms with E-state index in [-0.39, 0.29) is 6.04 Å². The highest BCUT2D eigenvalue weighted by Gasteiger charge is 2.03. The normalized spacial score (nSPS) is 13.3. The predicted octanol–water partition coefficient (Wildman–Crippen LogP) is 2.58. The molecule has 3 heteroatoms. The van der Waals surface area contributed by atoms with Gasteiger partial charge in [-0.05, 0) is 25.5 Å². The minimum Gasteiger partial charge on any atom is -0.328 e. The SMILES string of the molecule is C[C@H](N)CCc1nc2ccccc2s1. The van der Waals surface area contributed by atoms with Crippen molar-refractivity contribution in [1.29, 1.82) is 0 Å². The quantitative estimate of drug-likeness (QED) is 0.838. The molecule has 0 bridgehead atoms. The first-order valence-electron chi connectivity index (χ1n) is 4.86. The number of aryl methyl sites for hydroxylation is 1. The van der Waals surface area contributed by atoms with Crippen LogP contribution in [-0.4, -0.2) is 11.0 Å². The Labute approximate surface area is 87.8 Å². The Kier molecular flexibility index (Phi) is 2.79. The van der Waals surface area contributed by atoms with Crippen LogP contribution in [0.25, 0.3) is 10.2 Å². The summed E-state index contributed by atoms with van der Waals surface area (Å²) in [7, 11) is 0. The zero-order valence-corrected chi connectivity index (χ0v) is 9.05. The number of hydrogen-bond donors (Lipinski definition) is 1. The third-order valence-electron chi connectivity index (χ3n) is 2.15. The van der Waals surface area contributed by atoms with Crippen LogP contribution in [0.5, 0.6) is 0 Å². The number of benzene rings is 1. The van der Waals surface area contributed by atoms with Crippen molar-refractivity contribution in [2.75, 3.05) is 0 Å². The smallest absolute Gasteiger partial charge is 0.0939 e. The van der Waals surface area contributed by atoms with Crippen molar-refractivity contribution < 1.29 is 0 Å². The van der Waals surface area contributed by atoms with Gasteiger partial charge in [-0.1, -0.05) is 12.1 Å². The first kappa shape index (κ1) is 9.62.